The largest absolute Gasteiger partial charge is 0.337 e. The molecule has 0 aliphatic carbocycles. The van der Waals surface area contributed by atoms with Crippen LogP contribution >= 0.6 is 0 Å². The second-order valence-electron chi connectivity index (χ2n) is 8.02. The van der Waals surface area contributed by atoms with E-state index in [1.54, 1.807) is 0 Å². The van der Waals surface area contributed by atoms with E-state index in [1.807, 2.05) is 59.9 Å². The molecule has 1 unspecified atom stereocenters. The van der Waals surface area contributed by atoms with Crippen LogP contribution in [0.4, 0.5) is 0 Å². The molecule has 1 saturated heterocycles. The Morgan fingerprint density at radius 3 is 2.63 bits per heavy atom. The lowest BCUT2D eigenvalue weighted by atomic mass is 9.97. The quantitative estimate of drug-likeness (QED) is 0.492. The van der Waals surface area contributed by atoms with Gasteiger partial charge in [-0.2, -0.15) is 5.10 Å². The summed E-state index contributed by atoms with van der Waals surface area (Å²) in [4.78, 5) is 10.9. The lowest BCUT2D eigenvalue weighted by molar-refractivity contribution is 0.156. The number of aromatic nitrogens is 5. The van der Waals surface area contributed by atoms with Gasteiger partial charge in [0, 0.05) is 61.7 Å². The zero-order valence-corrected chi connectivity index (χ0v) is 17.0. The van der Waals surface area contributed by atoms with Crippen LogP contribution in [-0.2, 0) is 13.1 Å². The predicted octanol–water partition coefficient (Wildman–Crippen LogP) is 4.04. The van der Waals surface area contributed by atoms with Gasteiger partial charge in [0.05, 0.1) is 17.7 Å². The van der Waals surface area contributed by atoms with E-state index >= 15 is 0 Å². The number of nitrogens with zero attached hydrogens (tertiary/aromatic N) is 6. The Bertz CT molecular complexity index is 1060. The average Bonchev–Trinajstić information content (AvgIpc) is 3.45. The third-order valence-corrected chi connectivity index (χ3v) is 5.79. The van der Waals surface area contributed by atoms with E-state index in [2.05, 4.69) is 44.0 Å². The minimum Gasteiger partial charge on any atom is -0.337 e. The van der Waals surface area contributed by atoms with Crippen molar-refractivity contribution in [2.75, 3.05) is 13.1 Å². The number of rotatable bonds is 6. The van der Waals surface area contributed by atoms with Crippen molar-refractivity contribution in [3.8, 4) is 16.9 Å². The van der Waals surface area contributed by atoms with Crippen molar-refractivity contribution in [1.82, 2.24) is 29.2 Å². The summed E-state index contributed by atoms with van der Waals surface area (Å²) in [6.45, 7) is 4.18. The highest BCUT2D eigenvalue weighted by Gasteiger charge is 2.22. The van der Waals surface area contributed by atoms with Crippen LogP contribution in [0, 0.1) is 5.92 Å². The average molecular weight is 399 g/mol. The molecule has 6 nitrogen and oxygen atoms in total. The molecule has 0 amide bonds. The Kier molecular flexibility index (Phi) is 5.40. The molecule has 1 aromatic carbocycles. The van der Waals surface area contributed by atoms with Gasteiger partial charge in [0.25, 0.3) is 0 Å². The highest BCUT2D eigenvalue weighted by Crippen LogP contribution is 2.27. The Hall–Kier alpha value is -3.25. The fourth-order valence-electron chi connectivity index (χ4n) is 4.37. The molecule has 30 heavy (non-hydrogen) atoms. The van der Waals surface area contributed by atoms with Crippen molar-refractivity contribution < 1.29 is 0 Å². The SMILES string of the molecule is c1ccc(-n2cc(CN3CCCC(Cn4ccnc4)C3)c(-c3ccncc3)n2)cc1. The van der Waals surface area contributed by atoms with Gasteiger partial charge in [0.15, 0.2) is 0 Å². The standard InChI is InChI=1S/C24H26N6/c1-2-6-23(7-3-1)30-18-22(24(27-30)21-8-10-25-11-9-21)17-28-13-4-5-20(15-28)16-29-14-12-26-19-29/h1-3,6-12,14,18-20H,4-5,13,15-17H2. The normalized spacial score (nSPS) is 17.3. The van der Waals surface area contributed by atoms with Crippen molar-refractivity contribution in [3.05, 3.63) is 85.3 Å². The molecular weight excluding hydrogens is 372 g/mol. The molecule has 0 radical (unpaired) electrons. The Balaban J connectivity index is 1.39. The van der Waals surface area contributed by atoms with E-state index in [4.69, 9.17) is 5.10 Å². The first kappa shape index (κ1) is 18.8. The summed E-state index contributed by atoms with van der Waals surface area (Å²) < 4.78 is 4.20. The van der Waals surface area contributed by atoms with Crippen molar-refractivity contribution >= 4 is 0 Å². The lowest BCUT2D eigenvalue weighted by Crippen LogP contribution is -2.36. The number of hydrogen-bond acceptors (Lipinski definition) is 4. The number of pyridine rings is 1. The Morgan fingerprint density at radius 2 is 1.83 bits per heavy atom. The highest BCUT2D eigenvalue weighted by atomic mass is 15.3. The molecule has 6 heteroatoms. The van der Waals surface area contributed by atoms with Gasteiger partial charge in [0.2, 0.25) is 0 Å². The van der Waals surface area contributed by atoms with Gasteiger partial charge in [-0.05, 0) is 49.6 Å². The monoisotopic (exact) mass is 398 g/mol. The van der Waals surface area contributed by atoms with Gasteiger partial charge in [0.1, 0.15) is 0 Å². The van der Waals surface area contributed by atoms with Crippen LogP contribution < -0.4 is 0 Å². The van der Waals surface area contributed by atoms with E-state index in [9.17, 15) is 0 Å². The van der Waals surface area contributed by atoms with E-state index < -0.39 is 0 Å². The molecule has 1 aliphatic rings. The van der Waals surface area contributed by atoms with Crippen LogP contribution in [0.5, 0.6) is 0 Å². The van der Waals surface area contributed by atoms with Gasteiger partial charge >= 0.3 is 0 Å². The molecule has 1 fully saturated rings. The first-order valence-corrected chi connectivity index (χ1v) is 10.6. The summed E-state index contributed by atoms with van der Waals surface area (Å²) in [7, 11) is 0. The molecule has 4 aromatic rings. The van der Waals surface area contributed by atoms with Crippen LogP contribution in [0.2, 0.25) is 0 Å². The van der Waals surface area contributed by atoms with Crippen molar-refractivity contribution in [2.45, 2.75) is 25.9 Å². The van der Waals surface area contributed by atoms with Crippen LogP contribution in [0.15, 0.2) is 79.8 Å². The molecule has 0 saturated carbocycles. The van der Waals surface area contributed by atoms with Gasteiger partial charge in [-0.3, -0.25) is 9.88 Å². The third kappa shape index (κ3) is 4.19. The van der Waals surface area contributed by atoms with Crippen LogP contribution in [0.1, 0.15) is 18.4 Å². The van der Waals surface area contributed by atoms with E-state index in [0.717, 1.165) is 43.1 Å². The Labute approximate surface area is 176 Å². The number of likely N-dealkylation sites (tertiary alicyclic amines) is 1. The molecule has 1 aliphatic heterocycles. The molecule has 3 aromatic heterocycles. The second kappa shape index (κ2) is 8.63. The van der Waals surface area contributed by atoms with Crippen LogP contribution in [-0.4, -0.2) is 42.3 Å². The minimum atomic E-state index is 0.654. The zero-order chi connectivity index (χ0) is 20.2. The summed E-state index contributed by atoms with van der Waals surface area (Å²) in [5.41, 5.74) is 4.49. The third-order valence-electron chi connectivity index (χ3n) is 5.79. The summed E-state index contributed by atoms with van der Waals surface area (Å²) in [6.07, 6.45) is 14.2. The molecular formula is C24H26N6. The number of imidazole rings is 1. The zero-order valence-electron chi connectivity index (χ0n) is 17.0. The maximum Gasteiger partial charge on any atom is 0.0973 e. The smallest absolute Gasteiger partial charge is 0.0973 e. The molecule has 4 heterocycles. The first-order valence-electron chi connectivity index (χ1n) is 10.6. The Morgan fingerprint density at radius 1 is 0.967 bits per heavy atom. The molecule has 152 valence electrons. The van der Waals surface area contributed by atoms with Crippen molar-refractivity contribution in [2.24, 2.45) is 5.92 Å². The number of piperidine rings is 1. The van der Waals surface area contributed by atoms with E-state index in [1.165, 1.54) is 18.4 Å². The topological polar surface area (TPSA) is 51.8 Å². The number of hydrogen-bond donors (Lipinski definition) is 0. The van der Waals surface area contributed by atoms with Gasteiger partial charge in [-0.1, -0.05) is 18.2 Å². The fourth-order valence-corrected chi connectivity index (χ4v) is 4.37. The summed E-state index contributed by atoms with van der Waals surface area (Å²) in [5, 5.41) is 4.95. The first-order chi connectivity index (χ1) is 14.8. The number of para-hydroxylation sites is 1. The van der Waals surface area contributed by atoms with E-state index in [0.29, 0.717) is 5.92 Å². The number of benzene rings is 1. The van der Waals surface area contributed by atoms with Crippen LogP contribution in [0.25, 0.3) is 16.9 Å². The molecule has 5 rings (SSSR count). The summed E-state index contributed by atoms with van der Waals surface area (Å²) in [6, 6.07) is 14.4. The maximum atomic E-state index is 4.95. The van der Waals surface area contributed by atoms with Gasteiger partial charge in [-0.15, -0.1) is 0 Å². The minimum absolute atomic E-state index is 0.654. The summed E-state index contributed by atoms with van der Waals surface area (Å²) >= 11 is 0. The van der Waals surface area contributed by atoms with Crippen molar-refractivity contribution in [1.29, 1.82) is 0 Å². The van der Waals surface area contributed by atoms with E-state index in [-0.39, 0.29) is 0 Å². The molecule has 1 atom stereocenters. The second-order valence-corrected chi connectivity index (χ2v) is 8.02. The summed E-state index contributed by atoms with van der Waals surface area (Å²) in [5.74, 6) is 0.654. The molecule has 0 N–H and O–H groups in total. The molecule has 0 bridgehead atoms. The maximum absolute atomic E-state index is 4.95. The lowest BCUT2D eigenvalue weighted by Gasteiger charge is -2.32. The molecule has 0 spiro atoms. The highest BCUT2D eigenvalue weighted by molar-refractivity contribution is 5.62. The van der Waals surface area contributed by atoms with Crippen LogP contribution in [0.3, 0.4) is 0 Å². The van der Waals surface area contributed by atoms with Crippen molar-refractivity contribution in [3.63, 3.8) is 0 Å². The fraction of sp³-hybridized carbons (Fsp3) is 0.292. The van der Waals surface area contributed by atoms with Gasteiger partial charge in [-0.25, -0.2) is 9.67 Å². The predicted molar refractivity (Wildman–Crippen MR) is 117 cm³/mol. The van der Waals surface area contributed by atoms with Gasteiger partial charge < -0.3 is 4.57 Å².